The van der Waals surface area contributed by atoms with Gasteiger partial charge in [0.25, 0.3) is 5.91 Å². The summed E-state index contributed by atoms with van der Waals surface area (Å²) in [4.78, 5) is 22.6. The summed E-state index contributed by atoms with van der Waals surface area (Å²) in [6, 6.07) is 20.4. The average Bonchev–Trinajstić information content (AvgIpc) is 3.62. The van der Waals surface area contributed by atoms with E-state index in [-0.39, 0.29) is 11.6 Å². The van der Waals surface area contributed by atoms with E-state index >= 15 is 0 Å². The third-order valence-electron chi connectivity index (χ3n) is 6.01. The van der Waals surface area contributed by atoms with E-state index in [1.54, 1.807) is 12.3 Å². The predicted molar refractivity (Wildman–Crippen MR) is 134 cm³/mol. The largest absolute Gasteiger partial charge is 0.467 e. The van der Waals surface area contributed by atoms with Crippen LogP contribution in [0, 0.1) is 6.92 Å². The first kappa shape index (κ1) is 22.7. The third kappa shape index (κ3) is 5.70. The number of oxazole rings is 1. The lowest BCUT2D eigenvalue weighted by molar-refractivity contribution is 0.0943. The van der Waals surface area contributed by atoms with Crippen LogP contribution in [0.4, 0.5) is 0 Å². The molecule has 0 saturated carbocycles. The van der Waals surface area contributed by atoms with Crippen molar-refractivity contribution in [3.05, 3.63) is 113 Å². The monoisotopic (exact) mass is 468 g/mol. The molecule has 0 aliphatic rings. The van der Waals surface area contributed by atoms with Crippen LogP contribution in [0.25, 0.3) is 10.9 Å². The summed E-state index contributed by atoms with van der Waals surface area (Å²) < 4.78 is 10.9. The second kappa shape index (κ2) is 10.4. The fourth-order valence-electron chi connectivity index (χ4n) is 4.25. The van der Waals surface area contributed by atoms with Crippen molar-refractivity contribution in [2.24, 2.45) is 0 Å². The van der Waals surface area contributed by atoms with Gasteiger partial charge in [0, 0.05) is 30.2 Å². The van der Waals surface area contributed by atoms with Crippen LogP contribution in [0.15, 0.2) is 88.2 Å². The molecule has 5 aromatic rings. The number of rotatable bonds is 10. The number of nitrogens with zero attached hydrogens (tertiary/aromatic N) is 2. The first-order valence-corrected chi connectivity index (χ1v) is 11.7. The smallest absolute Gasteiger partial charge is 0.273 e. The maximum absolute atomic E-state index is 12.5. The van der Waals surface area contributed by atoms with Crippen molar-refractivity contribution in [3.63, 3.8) is 0 Å². The number of H-pyrrole nitrogens is 1. The summed E-state index contributed by atoms with van der Waals surface area (Å²) >= 11 is 0. The van der Waals surface area contributed by atoms with Gasteiger partial charge in [-0.15, -0.1) is 0 Å². The van der Waals surface area contributed by atoms with Crippen LogP contribution in [0.5, 0.6) is 0 Å². The van der Waals surface area contributed by atoms with Crippen molar-refractivity contribution in [1.29, 1.82) is 0 Å². The number of nitrogens with one attached hydrogen (secondary N) is 2. The SMILES string of the molecule is Cc1cccc(CN(CCc2c[nH]c3ccccc23)Cc2nc(C(=O)NCc3ccco3)co2)c1. The van der Waals surface area contributed by atoms with Gasteiger partial charge in [-0.2, -0.15) is 0 Å². The summed E-state index contributed by atoms with van der Waals surface area (Å²) in [6.45, 7) is 4.48. The standard InChI is InChI=1S/C28H28N4O3/c1-20-6-4-7-21(14-20)17-32(12-11-22-15-29-25-10-3-2-9-24(22)25)18-27-31-26(19-35-27)28(33)30-16-23-8-5-13-34-23/h2-10,13-15,19,29H,11-12,16-18H2,1H3,(H,30,33). The second-order valence-corrected chi connectivity index (χ2v) is 8.70. The summed E-state index contributed by atoms with van der Waals surface area (Å²) in [6.07, 6.45) is 5.96. The van der Waals surface area contributed by atoms with Crippen LogP contribution >= 0.6 is 0 Å². The summed E-state index contributed by atoms with van der Waals surface area (Å²) in [5.74, 6) is 0.906. The lowest BCUT2D eigenvalue weighted by Gasteiger charge is -2.21. The minimum absolute atomic E-state index is 0.263. The molecule has 0 saturated heterocycles. The molecular weight excluding hydrogens is 440 g/mol. The maximum Gasteiger partial charge on any atom is 0.273 e. The van der Waals surface area contributed by atoms with Gasteiger partial charge in [-0.1, -0.05) is 48.0 Å². The van der Waals surface area contributed by atoms with Gasteiger partial charge >= 0.3 is 0 Å². The molecule has 7 heteroatoms. The van der Waals surface area contributed by atoms with Gasteiger partial charge in [0.2, 0.25) is 5.89 Å². The Balaban J connectivity index is 1.27. The quantitative estimate of drug-likeness (QED) is 0.293. The Kier molecular flexibility index (Phi) is 6.77. The lowest BCUT2D eigenvalue weighted by atomic mass is 10.1. The Morgan fingerprint density at radius 2 is 1.97 bits per heavy atom. The molecule has 2 aromatic carbocycles. The van der Waals surface area contributed by atoms with Crippen molar-refractivity contribution >= 4 is 16.8 Å². The number of aryl methyl sites for hydroxylation is 1. The van der Waals surface area contributed by atoms with Crippen molar-refractivity contribution in [1.82, 2.24) is 20.2 Å². The Bertz CT molecular complexity index is 1400. The van der Waals surface area contributed by atoms with Crippen LogP contribution in [0.2, 0.25) is 0 Å². The zero-order valence-electron chi connectivity index (χ0n) is 19.7. The number of carbonyl (C=O) groups excluding carboxylic acids is 1. The lowest BCUT2D eigenvalue weighted by Crippen LogP contribution is -2.26. The molecule has 0 aliphatic heterocycles. The molecule has 178 valence electrons. The fourth-order valence-corrected chi connectivity index (χ4v) is 4.25. The number of hydrogen-bond donors (Lipinski definition) is 2. The van der Waals surface area contributed by atoms with E-state index in [0.717, 1.165) is 25.0 Å². The second-order valence-electron chi connectivity index (χ2n) is 8.70. The number of fused-ring (bicyclic) bond motifs is 1. The Hall–Kier alpha value is -4.10. The molecule has 0 atom stereocenters. The molecule has 3 heterocycles. The molecule has 0 aliphatic carbocycles. The number of furan rings is 1. The first-order valence-electron chi connectivity index (χ1n) is 11.7. The number of aromatic amines is 1. The number of carbonyl (C=O) groups is 1. The number of hydrogen-bond acceptors (Lipinski definition) is 5. The topological polar surface area (TPSA) is 87.3 Å². The fraction of sp³-hybridized carbons (Fsp3) is 0.214. The maximum atomic E-state index is 12.5. The van der Waals surface area contributed by atoms with E-state index in [1.807, 2.05) is 12.1 Å². The van der Waals surface area contributed by atoms with Crippen LogP contribution in [0.3, 0.4) is 0 Å². The summed E-state index contributed by atoms with van der Waals surface area (Å²) in [7, 11) is 0. The highest BCUT2D eigenvalue weighted by atomic mass is 16.3. The molecule has 0 spiro atoms. The summed E-state index contributed by atoms with van der Waals surface area (Å²) in [5.41, 5.74) is 5.14. The highest BCUT2D eigenvalue weighted by Crippen LogP contribution is 2.20. The molecule has 0 fully saturated rings. The number of benzene rings is 2. The molecule has 5 rings (SSSR count). The molecule has 0 unspecified atom stereocenters. The number of aromatic nitrogens is 2. The average molecular weight is 469 g/mol. The Labute approximate surface area is 203 Å². The minimum atomic E-state index is -0.291. The van der Waals surface area contributed by atoms with E-state index in [0.29, 0.717) is 24.7 Å². The molecule has 0 bridgehead atoms. The number of amides is 1. The van der Waals surface area contributed by atoms with Gasteiger partial charge in [0.05, 0.1) is 19.4 Å². The predicted octanol–water partition coefficient (Wildman–Crippen LogP) is 5.23. The normalized spacial score (nSPS) is 11.4. The molecule has 2 N–H and O–H groups in total. The van der Waals surface area contributed by atoms with E-state index in [2.05, 4.69) is 75.8 Å². The molecule has 0 radical (unpaired) electrons. The van der Waals surface area contributed by atoms with Crippen molar-refractivity contribution in [3.8, 4) is 0 Å². The van der Waals surface area contributed by atoms with Gasteiger partial charge in [0.1, 0.15) is 12.0 Å². The minimum Gasteiger partial charge on any atom is -0.467 e. The highest BCUT2D eigenvalue weighted by Gasteiger charge is 2.16. The molecular formula is C28H28N4O3. The zero-order valence-corrected chi connectivity index (χ0v) is 19.7. The van der Waals surface area contributed by atoms with Crippen LogP contribution < -0.4 is 5.32 Å². The van der Waals surface area contributed by atoms with Crippen molar-refractivity contribution < 1.29 is 13.6 Å². The van der Waals surface area contributed by atoms with Crippen molar-refractivity contribution in [2.75, 3.05) is 6.54 Å². The van der Waals surface area contributed by atoms with Crippen LogP contribution in [-0.2, 0) is 26.1 Å². The van der Waals surface area contributed by atoms with E-state index < -0.39 is 0 Å². The Morgan fingerprint density at radius 3 is 2.83 bits per heavy atom. The molecule has 35 heavy (non-hydrogen) atoms. The van der Waals surface area contributed by atoms with Gasteiger partial charge < -0.3 is 19.1 Å². The molecule has 3 aromatic heterocycles. The van der Waals surface area contributed by atoms with Gasteiger partial charge in [-0.25, -0.2) is 4.98 Å². The Morgan fingerprint density at radius 1 is 1.06 bits per heavy atom. The van der Waals surface area contributed by atoms with Crippen LogP contribution in [0.1, 0.15) is 38.8 Å². The molecule has 1 amide bonds. The highest BCUT2D eigenvalue weighted by molar-refractivity contribution is 5.91. The van der Waals surface area contributed by atoms with E-state index in [1.165, 1.54) is 28.3 Å². The zero-order chi connectivity index (χ0) is 24.0. The third-order valence-corrected chi connectivity index (χ3v) is 6.01. The first-order chi connectivity index (χ1) is 17.1. The number of para-hydroxylation sites is 1. The van der Waals surface area contributed by atoms with E-state index in [9.17, 15) is 4.79 Å². The van der Waals surface area contributed by atoms with Crippen molar-refractivity contribution in [2.45, 2.75) is 33.0 Å². The van der Waals surface area contributed by atoms with E-state index in [4.69, 9.17) is 8.83 Å². The molecule has 7 nitrogen and oxygen atoms in total. The van der Waals surface area contributed by atoms with Gasteiger partial charge in [-0.3, -0.25) is 9.69 Å². The van der Waals surface area contributed by atoms with Gasteiger partial charge in [-0.05, 0) is 42.7 Å². The van der Waals surface area contributed by atoms with Crippen LogP contribution in [-0.4, -0.2) is 27.3 Å². The summed E-state index contributed by atoms with van der Waals surface area (Å²) in [5, 5.41) is 4.05. The van der Waals surface area contributed by atoms with Gasteiger partial charge in [0.15, 0.2) is 5.69 Å².